The van der Waals surface area contributed by atoms with E-state index in [0.29, 0.717) is 6.54 Å². The molecule has 0 radical (unpaired) electrons. The van der Waals surface area contributed by atoms with Gasteiger partial charge in [0.2, 0.25) is 5.91 Å². The van der Waals surface area contributed by atoms with Crippen molar-refractivity contribution in [1.29, 1.82) is 0 Å². The Morgan fingerprint density at radius 1 is 1.77 bits per heavy atom. The van der Waals surface area contributed by atoms with Gasteiger partial charge in [-0.25, -0.2) is 5.84 Å². The maximum Gasteiger partial charge on any atom is 0.248 e. The standard InChI is InChI=1S/C8H13N3O2/c1-11(5-8(12)10-9)4-7-2-3-13-6-7/h2-3,6H,4-5,9H2,1H3,(H,10,12). The van der Waals surface area contributed by atoms with Crippen molar-refractivity contribution in [2.45, 2.75) is 6.54 Å². The molecule has 0 saturated carbocycles. The summed E-state index contributed by atoms with van der Waals surface area (Å²) in [6, 6.07) is 1.86. The number of nitrogens with one attached hydrogen (secondary N) is 1. The first-order chi connectivity index (χ1) is 6.22. The van der Waals surface area contributed by atoms with Crippen LogP contribution in [-0.2, 0) is 11.3 Å². The fourth-order valence-corrected chi connectivity index (χ4v) is 1.04. The van der Waals surface area contributed by atoms with E-state index in [9.17, 15) is 4.79 Å². The first kappa shape index (κ1) is 9.76. The normalized spacial score (nSPS) is 10.4. The quantitative estimate of drug-likeness (QED) is 0.382. The Balaban J connectivity index is 2.33. The molecule has 1 heterocycles. The summed E-state index contributed by atoms with van der Waals surface area (Å²) < 4.78 is 4.89. The van der Waals surface area contributed by atoms with Crippen LogP contribution in [0.2, 0.25) is 0 Å². The second-order valence-corrected chi connectivity index (χ2v) is 2.87. The molecule has 1 aromatic rings. The summed E-state index contributed by atoms with van der Waals surface area (Å²) in [5, 5.41) is 0. The summed E-state index contributed by atoms with van der Waals surface area (Å²) in [6.07, 6.45) is 3.25. The van der Waals surface area contributed by atoms with Gasteiger partial charge in [-0.15, -0.1) is 0 Å². The van der Waals surface area contributed by atoms with Crippen molar-refractivity contribution in [1.82, 2.24) is 10.3 Å². The Kier molecular flexibility index (Phi) is 3.48. The number of hydrogen-bond acceptors (Lipinski definition) is 4. The number of carbonyl (C=O) groups is 1. The second-order valence-electron chi connectivity index (χ2n) is 2.87. The highest BCUT2D eigenvalue weighted by Crippen LogP contribution is 2.02. The molecule has 0 unspecified atom stereocenters. The average molecular weight is 183 g/mol. The molecule has 0 aromatic carbocycles. The van der Waals surface area contributed by atoms with Crippen LogP contribution in [0.4, 0.5) is 0 Å². The Hall–Kier alpha value is -1.33. The highest BCUT2D eigenvalue weighted by Gasteiger charge is 2.05. The van der Waals surface area contributed by atoms with Crippen LogP contribution in [0.15, 0.2) is 23.0 Å². The zero-order chi connectivity index (χ0) is 9.68. The van der Waals surface area contributed by atoms with Crippen LogP contribution < -0.4 is 11.3 Å². The van der Waals surface area contributed by atoms with Gasteiger partial charge in [0.15, 0.2) is 0 Å². The van der Waals surface area contributed by atoms with Crippen molar-refractivity contribution < 1.29 is 9.21 Å². The van der Waals surface area contributed by atoms with E-state index in [4.69, 9.17) is 10.3 Å². The Morgan fingerprint density at radius 2 is 2.54 bits per heavy atom. The third kappa shape index (κ3) is 3.27. The summed E-state index contributed by atoms with van der Waals surface area (Å²) in [7, 11) is 1.84. The first-order valence-corrected chi connectivity index (χ1v) is 3.91. The Labute approximate surface area is 76.5 Å². The van der Waals surface area contributed by atoms with E-state index in [0.717, 1.165) is 5.56 Å². The molecule has 0 bridgehead atoms. The average Bonchev–Trinajstić information content (AvgIpc) is 2.56. The molecular weight excluding hydrogens is 170 g/mol. The molecular formula is C8H13N3O2. The van der Waals surface area contributed by atoms with Crippen LogP contribution in [-0.4, -0.2) is 24.4 Å². The molecule has 0 aliphatic rings. The number of furan rings is 1. The predicted octanol–water partition coefficient (Wildman–Crippen LogP) is -0.299. The zero-order valence-electron chi connectivity index (χ0n) is 7.49. The maximum absolute atomic E-state index is 10.8. The second kappa shape index (κ2) is 4.64. The Morgan fingerprint density at radius 3 is 3.08 bits per heavy atom. The van der Waals surface area contributed by atoms with Crippen molar-refractivity contribution in [3.05, 3.63) is 24.2 Å². The topological polar surface area (TPSA) is 71.5 Å². The van der Waals surface area contributed by atoms with E-state index in [1.54, 1.807) is 12.5 Å². The summed E-state index contributed by atoms with van der Waals surface area (Å²) >= 11 is 0. The molecule has 0 spiro atoms. The number of rotatable bonds is 4. The van der Waals surface area contributed by atoms with Crippen LogP contribution in [0.5, 0.6) is 0 Å². The van der Waals surface area contributed by atoms with E-state index in [2.05, 4.69) is 5.43 Å². The van der Waals surface area contributed by atoms with Crippen molar-refractivity contribution in [3.63, 3.8) is 0 Å². The van der Waals surface area contributed by atoms with E-state index in [1.807, 2.05) is 18.0 Å². The van der Waals surface area contributed by atoms with Gasteiger partial charge in [0.25, 0.3) is 0 Å². The number of nitrogens with two attached hydrogens (primary N) is 1. The van der Waals surface area contributed by atoms with E-state index >= 15 is 0 Å². The van der Waals surface area contributed by atoms with Gasteiger partial charge in [-0.2, -0.15) is 0 Å². The molecule has 0 aliphatic heterocycles. The lowest BCUT2D eigenvalue weighted by molar-refractivity contribution is -0.122. The van der Waals surface area contributed by atoms with Crippen molar-refractivity contribution in [2.75, 3.05) is 13.6 Å². The van der Waals surface area contributed by atoms with Crippen LogP contribution in [0, 0.1) is 0 Å². The molecule has 0 saturated heterocycles. The number of carbonyl (C=O) groups excluding carboxylic acids is 1. The number of hydrazine groups is 1. The van der Waals surface area contributed by atoms with Gasteiger partial charge in [-0.1, -0.05) is 0 Å². The van der Waals surface area contributed by atoms with Gasteiger partial charge < -0.3 is 4.42 Å². The monoisotopic (exact) mass is 183 g/mol. The molecule has 1 rings (SSSR count). The number of amides is 1. The maximum atomic E-state index is 10.8. The molecule has 13 heavy (non-hydrogen) atoms. The third-order valence-corrected chi connectivity index (χ3v) is 1.61. The molecule has 0 fully saturated rings. The minimum absolute atomic E-state index is 0.203. The first-order valence-electron chi connectivity index (χ1n) is 3.91. The fourth-order valence-electron chi connectivity index (χ4n) is 1.04. The SMILES string of the molecule is CN(CC(=O)NN)Cc1ccoc1. The van der Waals surface area contributed by atoms with E-state index in [1.165, 1.54) is 0 Å². The highest BCUT2D eigenvalue weighted by molar-refractivity contribution is 5.77. The number of hydrogen-bond donors (Lipinski definition) is 2. The molecule has 0 aliphatic carbocycles. The molecule has 0 atom stereocenters. The number of nitrogens with zero attached hydrogens (tertiary/aromatic N) is 1. The zero-order valence-corrected chi connectivity index (χ0v) is 7.49. The summed E-state index contributed by atoms with van der Waals surface area (Å²) in [5.74, 6) is 4.75. The lowest BCUT2D eigenvalue weighted by atomic mass is 10.3. The Bertz CT molecular complexity index is 258. The molecule has 5 heteroatoms. The lowest BCUT2D eigenvalue weighted by Crippen LogP contribution is -2.38. The van der Waals surface area contributed by atoms with Crippen LogP contribution in [0.1, 0.15) is 5.56 Å². The van der Waals surface area contributed by atoms with Crippen LogP contribution in [0.3, 0.4) is 0 Å². The number of likely N-dealkylation sites (N-methyl/N-ethyl adjacent to an activating group) is 1. The summed E-state index contributed by atoms with van der Waals surface area (Å²) in [4.78, 5) is 12.7. The van der Waals surface area contributed by atoms with Gasteiger partial charge in [0.1, 0.15) is 0 Å². The third-order valence-electron chi connectivity index (χ3n) is 1.61. The predicted molar refractivity (Wildman–Crippen MR) is 47.4 cm³/mol. The fraction of sp³-hybridized carbons (Fsp3) is 0.375. The minimum Gasteiger partial charge on any atom is -0.472 e. The molecule has 1 aromatic heterocycles. The molecule has 3 N–H and O–H groups in total. The van der Waals surface area contributed by atoms with Gasteiger partial charge >= 0.3 is 0 Å². The summed E-state index contributed by atoms with van der Waals surface area (Å²) in [5.41, 5.74) is 3.11. The molecule has 72 valence electrons. The lowest BCUT2D eigenvalue weighted by Gasteiger charge is -2.13. The molecule has 1 amide bonds. The van der Waals surface area contributed by atoms with Crippen LogP contribution in [0.25, 0.3) is 0 Å². The van der Waals surface area contributed by atoms with Crippen molar-refractivity contribution in [3.8, 4) is 0 Å². The highest BCUT2D eigenvalue weighted by atomic mass is 16.3. The van der Waals surface area contributed by atoms with Crippen molar-refractivity contribution >= 4 is 5.91 Å². The van der Waals surface area contributed by atoms with Gasteiger partial charge in [-0.3, -0.25) is 15.1 Å². The summed E-state index contributed by atoms with van der Waals surface area (Å²) in [6.45, 7) is 0.950. The van der Waals surface area contributed by atoms with E-state index in [-0.39, 0.29) is 12.5 Å². The van der Waals surface area contributed by atoms with Gasteiger partial charge in [0.05, 0.1) is 19.1 Å². The van der Waals surface area contributed by atoms with Gasteiger partial charge in [-0.05, 0) is 13.1 Å². The van der Waals surface area contributed by atoms with Gasteiger partial charge in [0, 0.05) is 12.1 Å². The van der Waals surface area contributed by atoms with Crippen molar-refractivity contribution in [2.24, 2.45) is 5.84 Å². The van der Waals surface area contributed by atoms with Crippen LogP contribution >= 0.6 is 0 Å². The smallest absolute Gasteiger partial charge is 0.248 e. The largest absolute Gasteiger partial charge is 0.472 e. The van der Waals surface area contributed by atoms with E-state index < -0.39 is 0 Å². The molecule has 5 nitrogen and oxygen atoms in total. The minimum atomic E-state index is -0.203.